The molecule has 0 bridgehead atoms. The van der Waals surface area contributed by atoms with Crippen LogP contribution in [0.15, 0.2) is 158 Å². The van der Waals surface area contributed by atoms with Crippen LogP contribution in [0, 0.1) is 0 Å². The number of fused-ring (bicyclic) bond motifs is 15. The van der Waals surface area contributed by atoms with Gasteiger partial charge in [0.25, 0.3) is 0 Å². The van der Waals surface area contributed by atoms with Crippen LogP contribution in [0.2, 0.25) is 0 Å². The van der Waals surface area contributed by atoms with E-state index < -0.39 is 0 Å². The highest BCUT2D eigenvalue weighted by Gasteiger charge is 2.28. The van der Waals surface area contributed by atoms with Crippen LogP contribution in [0.4, 0.5) is 0 Å². The van der Waals surface area contributed by atoms with Crippen molar-refractivity contribution < 1.29 is 0 Å². The predicted molar refractivity (Wildman–Crippen MR) is 210 cm³/mol. The molecule has 0 unspecified atom stereocenters. The first-order valence-corrected chi connectivity index (χ1v) is 17.7. The van der Waals surface area contributed by atoms with Crippen LogP contribution in [0.5, 0.6) is 0 Å². The Bertz CT molecular complexity index is 3180. The topological polar surface area (TPSA) is 9.86 Å². The lowest BCUT2D eigenvalue weighted by atomic mass is 10.0. The predicted octanol–water partition coefficient (Wildman–Crippen LogP) is 13.0. The number of benzene rings is 8. The molecule has 226 valence electrons. The standard InChI is InChI=1S/C46H26N2S/c1-2-13-27(14-3-1)47-36-22-9-6-17-33(36)41-42-35-19-8-11-24-39(35)49-46(42)43-34-18-7-10-23-37(34)48(45(43)44(41)47)38-26-25-31-29-16-5-4-15-28(29)30-20-12-21-32(38)40(30)31/h1-26H. The average Bonchev–Trinajstić information content (AvgIpc) is 3.90. The van der Waals surface area contributed by atoms with Crippen molar-refractivity contribution in [3.05, 3.63) is 158 Å². The summed E-state index contributed by atoms with van der Waals surface area (Å²) in [4.78, 5) is 0. The van der Waals surface area contributed by atoms with Crippen molar-refractivity contribution in [2.45, 2.75) is 0 Å². The lowest BCUT2D eigenvalue weighted by Crippen LogP contribution is -1.99. The molecule has 0 saturated heterocycles. The van der Waals surface area contributed by atoms with Gasteiger partial charge in [0.2, 0.25) is 0 Å². The number of aromatic nitrogens is 2. The lowest BCUT2D eigenvalue weighted by Gasteiger charge is -2.16. The largest absolute Gasteiger partial charge is 0.307 e. The molecule has 0 radical (unpaired) electrons. The summed E-state index contributed by atoms with van der Waals surface area (Å²) >= 11 is 1.93. The SMILES string of the molecule is c1ccc(-n2c3ccccc3c3c4c5ccccc5sc4c4c5ccccc5n(-c5ccc6c7c(cccc57)-c5ccccc5-6)c4c32)cc1. The second-order valence-electron chi connectivity index (χ2n) is 13.2. The zero-order valence-electron chi connectivity index (χ0n) is 26.3. The minimum Gasteiger partial charge on any atom is -0.307 e. The number of hydrogen-bond donors (Lipinski definition) is 0. The molecule has 0 aliphatic heterocycles. The van der Waals surface area contributed by atoms with Crippen molar-refractivity contribution in [3.63, 3.8) is 0 Å². The molecule has 3 heterocycles. The van der Waals surface area contributed by atoms with Gasteiger partial charge >= 0.3 is 0 Å². The van der Waals surface area contributed by atoms with E-state index in [2.05, 4.69) is 167 Å². The van der Waals surface area contributed by atoms with Crippen LogP contribution < -0.4 is 0 Å². The van der Waals surface area contributed by atoms with Gasteiger partial charge in [-0.3, -0.25) is 0 Å². The molecular weight excluding hydrogens is 613 g/mol. The first-order chi connectivity index (χ1) is 24.4. The highest BCUT2D eigenvalue weighted by atomic mass is 32.1. The Kier molecular flexibility index (Phi) is 4.89. The molecule has 12 rings (SSSR count). The molecule has 8 aromatic carbocycles. The molecule has 11 aromatic rings. The fourth-order valence-corrected chi connectivity index (χ4v) is 10.2. The van der Waals surface area contributed by atoms with Gasteiger partial charge in [-0.15, -0.1) is 11.3 Å². The van der Waals surface area contributed by atoms with E-state index in [9.17, 15) is 0 Å². The Morgan fingerprint density at radius 2 is 0.918 bits per heavy atom. The Labute approximate surface area is 285 Å². The molecule has 3 heteroatoms. The third kappa shape index (κ3) is 3.17. The Balaban J connectivity index is 1.39. The molecule has 0 amide bonds. The van der Waals surface area contributed by atoms with E-state index in [1.165, 1.54) is 108 Å². The van der Waals surface area contributed by atoms with Crippen molar-refractivity contribution in [3.8, 4) is 33.6 Å². The summed E-state index contributed by atoms with van der Waals surface area (Å²) in [6.45, 7) is 0. The van der Waals surface area contributed by atoms with Crippen molar-refractivity contribution in [2.75, 3.05) is 0 Å². The lowest BCUT2D eigenvalue weighted by molar-refractivity contribution is 1.16. The summed E-state index contributed by atoms with van der Waals surface area (Å²) in [6.07, 6.45) is 0. The maximum Gasteiger partial charge on any atom is 0.0803 e. The zero-order chi connectivity index (χ0) is 31.8. The molecule has 0 spiro atoms. The quantitative estimate of drug-likeness (QED) is 0.178. The maximum atomic E-state index is 2.58. The summed E-state index contributed by atoms with van der Waals surface area (Å²) in [5.41, 5.74) is 12.6. The Morgan fingerprint density at radius 1 is 0.347 bits per heavy atom. The second kappa shape index (κ2) is 9.25. The summed E-state index contributed by atoms with van der Waals surface area (Å²) in [5, 5.41) is 10.5. The number of para-hydroxylation sites is 3. The Hall–Kier alpha value is -6.16. The fraction of sp³-hybridized carbons (Fsp3) is 0. The molecule has 1 aliphatic carbocycles. The van der Waals surface area contributed by atoms with Gasteiger partial charge in [0.1, 0.15) is 0 Å². The third-order valence-electron chi connectivity index (χ3n) is 10.8. The van der Waals surface area contributed by atoms with Crippen LogP contribution in [0.25, 0.3) is 108 Å². The van der Waals surface area contributed by atoms with Gasteiger partial charge in [0, 0.05) is 52.8 Å². The third-order valence-corrected chi connectivity index (χ3v) is 12.0. The summed E-state index contributed by atoms with van der Waals surface area (Å²) in [7, 11) is 0. The van der Waals surface area contributed by atoms with Crippen LogP contribution >= 0.6 is 11.3 Å². The molecular formula is C46H26N2S. The first-order valence-electron chi connectivity index (χ1n) is 16.9. The van der Waals surface area contributed by atoms with E-state index in [1.807, 2.05) is 11.3 Å². The van der Waals surface area contributed by atoms with Gasteiger partial charge in [0.05, 0.1) is 27.8 Å². The zero-order valence-corrected chi connectivity index (χ0v) is 27.1. The Morgan fingerprint density at radius 3 is 1.71 bits per heavy atom. The minimum atomic E-state index is 1.17. The van der Waals surface area contributed by atoms with Crippen molar-refractivity contribution >= 4 is 85.9 Å². The molecule has 0 N–H and O–H groups in total. The number of hydrogen-bond acceptors (Lipinski definition) is 1. The second-order valence-corrected chi connectivity index (χ2v) is 14.2. The molecule has 3 aromatic heterocycles. The van der Waals surface area contributed by atoms with E-state index in [1.54, 1.807) is 0 Å². The monoisotopic (exact) mass is 638 g/mol. The normalized spacial score (nSPS) is 12.5. The fourth-order valence-electron chi connectivity index (χ4n) is 8.96. The molecule has 0 fully saturated rings. The van der Waals surface area contributed by atoms with Gasteiger partial charge in [-0.1, -0.05) is 121 Å². The summed E-state index contributed by atoms with van der Waals surface area (Å²) < 4.78 is 7.78. The number of nitrogens with zero attached hydrogens (tertiary/aromatic N) is 2. The molecule has 1 aliphatic rings. The highest BCUT2D eigenvalue weighted by Crippen LogP contribution is 2.53. The van der Waals surface area contributed by atoms with E-state index >= 15 is 0 Å². The summed E-state index contributed by atoms with van der Waals surface area (Å²) in [5.74, 6) is 0. The van der Waals surface area contributed by atoms with Gasteiger partial charge in [-0.25, -0.2) is 0 Å². The van der Waals surface area contributed by atoms with Gasteiger partial charge < -0.3 is 9.13 Å². The van der Waals surface area contributed by atoms with E-state index in [0.717, 1.165) is 0 Å². The summed E-state index contributed by atoms with van der Waals surface area (Å²) in [6, 6.07) is 58.3. The van der Waals surface area contributed by atoms with Crippen molar-refractivity contribution in [1.29, 1.82) is 0 Å². The van der Waals surface area contributed by atoms with E-state index in [-0.39, 0.29) is 0 Å². The van der Waals surface area contributed by atoms with Crippen molar-refractivity contribution in [1.82, 2.24) is 9.13 Å². The molecule has 0 atom stereocenters. The van der Waals surface area contributed by atoms with Crippen LogP contribution in [-0.4, -0.2) is 9.13 Å². The van der Waals surface area contributed by atoms with Crippen molar-refractivity contribution in [2.24, 2.45) is 0 Å². The molecule has 2 nitrogen and oxygen atoms in total. The van der Waals surface area contributed by atoms with E-state index in [0.29, 0.717) is 0 Å². The maximum absolute atomic E-state index is 2.58. The smallest absolute Gasteiger partial charge is 0.0803 e. The van der Waals surface area contributed by atoms with Crippen LogP contribution in [0.3, 0.4) is 0 Å². The number of thiophene rings is 1. The number of rotatable bonds is 2. The highest BCUT2D eigenvalue weighted by molar-refractivity contribution is 7.27. The van der Waals surface area contributed by atoms with Gasteiger partial charge in [0.15, 0.2) is 0 Å². The minimum absolute atomic E-state index is 1.17. The van der Waals surface area contributed by atoms with Crippen LogP contribution in [0.1, 0.15) is 0 Å². The van der Waals surface area contributed by atoms with Gasteiger partial charge in [-0.2, -0.15) is 0 Å². The van der Waals surface area contributed by atoms with E-state index in [4.69, 9.17) is 0 Å². The van der Waals surface area contributed by atoms with Crippen LogP contribution in [-0.2, 0) is 0 Å². The van der Waals surface area contributed by atoms with Gasteiger partial charge in [-0.05, 0) is 64.0 Å². The first kappa shape index (κ1) is 25.9. The molecule has 49 heavy (non-hydrogen) atoms. The molecule has 0 saturated carbocycles. The average molecular weight is 639 g/mol.